The molecule has 0 saturated heterocycles. The van der Waals surface area contributed by atoms with Gasteiger partial charge in [-0.25, -0.2) is 0 Å². The van der Waals surface area contributed by atoms with Gasteiger partial charge in [0, 0.05) is 25.5 Å². The first-order valence-corrected chi connectivity index (χ1v) is 23.0. The van der Waals surface area contributed by atoms with Crippen molar-refractivity contribution < 1.29 is 0 Å². The van der Waals surface area contributed by atoms with Crippen molar-refractivity contribution in [2.45, 2.75) is 271 Å². The van der Waals surface area contributed by atoms with Crippen molar-refractivity contribution in [2.24, 2.45) is 0 Å². The number of nitrogens with zero attached hydrogens (tertiary/aromatic N) is 2. The molecule has 0 saturated carbocycles. The molecule has 1 rings (SSSR count). The Labute approximate surface area is 305 Å². The Hall–Kier alpha value is -0.660. The summed E-state index contributed by atoms with van der Waals surface area (Å²) in [7, 11) is 0. The van der Waals surface area contributed by atoms with Crippen LogP contribution in [-0.4, -0.2) is 29.1 Å². The molecule has 1 unspecified atom stereocenters. The van der Waals surface area contributed by atoms with E-state index in [9.17, 15) is 0 Å². The van der Waals surface area contributed by atoms with Crippen LogP contribution in [0.3, 0.4) is 0 Å². The lowest BCUT2D eigenvalue weighted by Crippen LogP contribution is -2.39. The summed E-state index contributed by atoms with van der Waals surface area (Å²) in [6.45, 7) is 9.49. The van der Waals surface area contributed by atoms with E-state index >= 15 is 0 Å². The largest absolute Gasteiger partial charge is 0.356 e. The molecule has 0 aliphatic carbocycles. The number of rotatable bonds is 40. The molecular weight excluding hydrogens is 581 g/mol. The van der Waals surface area contributed by atoms with Crippen LogP contribution >= 0.6 is 0 Å². The highest BCUT2D eigenvalue weighted by Gasteiger charge is 2.24. The van der Waals surface area contributed by atoms with E-state index in [1.807, 2.05) is 0 Å². The van der Waals surface area contributed by atoms with Gasteiger partial charge in [0.05, 0.1) is 0 Å². The zero-order valence-corrected chi connectivity index (χ0v) is 33.9. The first-order chi connectivity index (χ1) is 23.8. The summed E-state index contributed by atoms with van der Waals surface area (Å²) >= 11 is 0. The topological polar surface area (TPSA) is 6.48 Å². The Morgan fingerprint density at radius 1 is 0.271 bits per heavy atom. The van der Waals surface area contributed by atoms with E-state index in [4.69, 9.17) is 0 Å². The fourth-order valence-electron chi connectivity index (χ4n) is 7.95. The van der Waals surface area contributed by atoms with E-state index < -0.39 is 0 Å². The maximum absolute atomic E-state index is 2.73. The van der Waals surface area contributed by atoms with Gasteiger partial charge in [0.1, 0.15) is 6.17 Å². The molecular formula is C46H92N2. The fourth-order valence-corrected chi connectivity index (χ4v) is 7.95. The minimum Gasteiger partial charge on any atom is -0.356 e. The van der Waals surface area contributed by atoms with Crippen molar-refractivity contribution in [3.63, 3.8) is 0 Å². The lowest BCUT2D eigenvalue weighted by Gasteiger charge is -2.33. The molecule has 286 valence electrons. The van der Waals surface area contributed by atoms with E-state index in [1.54, 1.807) is 0 Å². The van der Waals surface area contributed by atoms with Crippen LogP contribution in [0.25, 0.3) is 0 Å². The van der Waals surface area contributed by atoms with Gasteiger partial charge in [-0.05, 0) is 25.7 Å². The Bertz CT molecular complexity index is 630. The molecule has 1 atom stereocenters. The minimum absolute atomic E-state index is 0.638. The van der Waals surface area contributed by atoms with Crippen molar-refractivity contribution in [2.75, 3.05) is 13.1 Å². The first-order valence-electron chi connectivity index (χ1n) is 23.0. The molecule has 1 aliphatic heterocycles. The molecule has 0 aromatic heterocycles. The van der Waals surface area contributed by atoms with Crippen LogP contribution in [0.1, 0.15) is 265 Å². The molecule has 0 N–H and O–H groups in total. The summed E-state index contributed by atoms with van der Waals surface area (Å²) < 4.78 is 0. The molecule has 48 heavy (non-hydrogen) atoms. The molecule has 0 radical (unpaired) electrons. The molecule has 0 aromatic rings. The second-order valence-electron chi connectivity index (χ2n) is 16.1. The average Bonchev–Trinajstić information content (AvgIpc) is 3.48. The monoisotopic (exact) mass is 673 g/mol. The second kappa shape index (κ2) is 37.6. The van der Waals surface area contributed by atoms with E-state index in [1.165, 1.54) is 257 Å². The summed E-state index contributed by atoms with van der Waals surface area (Å²) in [6, 6.07) is 0. The molecule has 0 aromatic carbocycles. The third kappa shape index (κ3) is 29.1. The molecule has 0 spiro atoms. The maximum Gasteiger partial charge on any atom is 0.101 e. The third-order valence-corrected chi connectivity index (χ3v) is 11.3. The van der Waals surface area contributed by atoms with Crippen molar-refractivity contribution in [3.8, 4) is 0 Å². The van der Waals surface area contributed by atoms with Gasteiger partial charge in [0.2, 0.25) is 0 Å². The Balaban J connectivity index is 2.15. The highest BCUT2D eigenvalue weighted by molar-refractivity contribution is 4.97. The van der Waals surface area contributed by atoms with E-state index in [2.05, 4.69) is 43.0 Å². The smallest absolute Gasteiger partial charge is 0.101 e. The van der Waals surface area contributed by atoms with Crippen LogP contribution in [-0.2, 0) is 0 Å². The molecule has 1 heterocycles. The van der Waals surface area contributed by atoms with Crippen LogP contribution in [0.15, 0.2) is 12.4 Å². The predicted molar refractivity (Wildman–Crippen MR) is 219 cm³/mol. The lowest BCUT2D eigenvalue weighted by atomic mass is 10.0. The van der Waals surface area contributed by atoms with Gasteiger partial charge in [-0.15, -0.1) is 0 Å². The highest BCUT2D eigenvalue weighted by atomic mass is 15.4. The minimum atomic E-state index is 0.638. The third-order valence-electron chi connectivity index (χ3n) is 11.3. The SMILES string of the molecule is CCCCCCCCCCCCCCCCCCC1N(CCCCCCCCC)C=CN1CCCCCCCCCCCCCCCC. The fraction of sp³-hybridized carbons (Fsp3) is 0.957. The summed E-state index contributed by atoms with van der Waals surface area (Å²) in [4.78, 5) is 5.45. The van der Waals surface area contributed by atoms with Gasteiger partial charge in [-0.1, -0.05) is 239 Å². The molecule has 0 fully saturated rings. The normalized spacial score (nSPS) is 14.6. The van der Waals surface area contributed by atoms with E-state index in [0.29, 0.717) is 6.17 Å². The van der Waals surface area contributed by atoms with Gasteiger partial charge in [0.15, 0.2) is 0 Å². The van der Waals surface area contributed by atoms with Crippen molar-refractivity contribution in [3.05, 3.63) is 12.4 Å². The van der Waals surface area contributed by atoms with Gasteiger partial charge < -0.3 is 9.80 Å². The molecule has 0 amide bonds. The molecule has 1 aliphatic rings. The van der Waals surface area contributed by atoms with E-state index in [0.717, 1.165) is 0 Å². The molecule has 0 bridgehead atoms. The van der Waals surface area contributed by atoms with E-state index in [-0.39, 0.29) is 0 Å². The van der Waals surface area contributed by atoms with Crippen LogP contribution in [0, 0.1) is 0 Å². The number of unbranched alkanes of at least 4 members (excludes halogenated alkanes) is 34. The second-order valence-corrected chi connectivity index (χ2v) is 16.1. The molecule has 2 heteroatoms. The summed E-state index contributed by atoms with van der Waals surface area (Å²) in [5.41, 5.74) is 0. The average molecular weight is 673 g/mol. The maximum atomic E-state index is 2.73. The summed E-state index contributed by atoms with van der Waals surface area (Å²) in [5, 5.41) is 0. The highest BCUT2D eigenvalue weighted by Crippen LogP contribution is 2.24. The van der Waals surface area contributed by atoms with Gasteiger partial charge >= 0.3 is 0 Å². The van der Waals surface area contributed by atoms with Crippen LogP contribution in [0.4, 0.5) is 0 Å². The van der Waals surface area contributed by atoms with Crippen LogP contribution in [0.2, 0.25) is 0 Å². The standard InChI is InChI=1S/C46H92N2/c1-4-7-10-13-16-18-20-22-24-25-26-28-30-32-35-38-41-46-47(42-39-36-33-15-12-9-6-3)44-45-48(46)43-40-37-34-31-29-27-23-21-19-17-14-11-8-5-2/h44-46H,4-43H2,1-3H3. The zero-order valence-electron chi connectivity index (χ0n) is 33.9. The first kappa shape index (κ1) is 45.4. The predicted octanol–water partition coefficient (Wildman–Crippen LogP) is 16.3. The zero-order chi connectivity index (χ0) is 34.4. The Morgan fingerprint density at radius 2 is 0.479 bits per heavy atom. The van der Waals surface area contributed by atoms with Crippen molar-refractivity contribution in [1.29, 1.82) is 0 Å². The van der Waals surface area contributed by atoms with Crippen molar-refractivity contribution in [1.82, 2.24) is 9.80 Å². The van der Waals surface area contributed by atoms with Gasteiger partial charge in [-0.2, -0.15) is 0 Å². The van der Waals surface area contributed by atoms with Gasteiger partial charge in [0.25, 0.3) is 0 Å². The summed E-state index contributed by atoms with van der Waals surface area (Å²) in [6.07, 6.45) is 60.4. The Morgan fingerprint density at radius 3 is 0.729 bits per heavy atom. The number of hydrogen-bond donors (Lipinski definition) is 0. The lowest BCUT2D eigenvalue weighted by molar-refractivity contribution is 0.135. The quantitative estimate of drug-likeness (QED) is 0.0598. The van der Waals surface area contributed by atoms with Gasteiger partial charge in [-0.3, -0.25) is 0 Å². The van der Waals surface area contributed by atoms with Crippen LogP contribution in [0.5, 0.6) is 0 Å². The summed E-state index contributed by atoms with van der Waals surface area (Å²) in [5.74, 6) is 0. The van der Waals surface area contributed by atoms with Crippen molar-refractivity contribution >= 4 is 0 Å². The molecule has 2 nitrogen and oxygen atoms in total. The number of hydrogen-bond acceptors (Lipinski definition) is 2. The Kier molecular flexibility index (Phi) is 35.5. The van der Waals surface area contributed by atoms with Crippen LogP contribution < -0.4 is 0 Å².